The van der Waals surface area contributed by atoms with E-state index in [9.17, 15) is 22.0 Å². The molecule has 0 amide bonds. The quantitative estimate of drug-likeness (QED) is 0.638. The molecule has 0 aliphatic carbocycles. The van der Waals surface area contributed by atoms with Crippen LogP contribution in [0.4, 0.5) is 39.0 Å². The lowest BCUT2D eigenvalue weighted by Crippen LogP contribution is -2.06. The number of nitrogens with two attached hydrogens (primary N) is 1. The fourth-order valence-corrected chi connectivity index (χ4v) is 1.63. The minimum absolute atomic E-state index is 0.0500. The Morgan fingerprint density at radius 1 is 0.900 bits per heavy atom. The number of rotatable bonds is 2. The highest BCUT2D eigenvalue weighted by atomic mass is 19.4. The molecule has 20 heavy (non-hydrogen) atoms. The average Bonchev–Trinajstić information content (AvgIpc) is 2.29. The minimum Gasteiger partial charge on any atom is -0.397 e. The number of benzene rings is 2. The molecule has 0 atom stereocenters. The van der Waals surface area contributed by atoms with Crippen LogP contribution in [0, 0.1) is 11.6 Å². The zero-order valence-corrected chi connectivity index (χ0v) is 9.93. The molecular formula is C13H9F5N2. The van der Waals surface area contributed by atoms with Crippen LogP contribution in [0.1, 0.15) is 5.56 Å². The van der Waals surface area contributed by atoms with E-state index >= 15 is 0 Å². The maximum atomic E-state index is 13.0. The maximum Gasteiger partial charge on any atom is 0.416 e. The third-order valence-corrected chi connectivity index (χ3v) is 2.52. The summed E-state index contributed by atoms with van der Waals surface area (Å²) in [5.74, 6) is -1.61. The van der Waals surface area contributed by atoms with E-state index in [1.165, 1.54) is 0 Å². The van der Waals surface area contributed by atoms with Crippen LogP contribution in [0.2, 0.25) is 0 Å². The molecule has 0 unspecified atom stereocenters. The second kappa shape index (κ2) is 4.99. The number of halogens is 5. The van der Waals surface area contributed by atoms with Gasteiger partial charge in [-0.3, -0.25) is 0 Å². The van der Waals surface area contributed by atoms with Gasteiger partial charge in [-0.05, 0) is 30.3 Å². The van der Waals surface area contributed by atoms with E-state index in [0.29, 0.717) is 6.07 Å². The van der Waals surface area contributed by atoms with Crippen molar-refractivity contribution in [3.05, 3.63) is 53.6 Å². The van der Waals surface area contributed by atoms with Gasteiger partial charge in [-0.1, -0.05) is 0 Å². The Morgan fingerprint density at radius 2 is 1.50 bits per heavy atom. The van der Waals surface area contributed by atoms with E-state index in [1.54, 1.807) is 0 Å². The smallest absolute Gasteiger partial charge is 0.397 e. The molecule has 0 aromatic heterocycles. The summed E-state index contributed by atoms with van der Waals surface area (Å²) in [6.07, 6.45) is -4.50. The van der Waals surface area contributed by atoms with Crippen LogP contribution in [0.15, 0.2) is 36.4 Å². The van der Waals surface area contributed by atoms with Gasteiger partial charge in [-0.15, -0.1) is 0 Å². The highest BCUT2D eigenvalue weighted by Crippen LogP contribution is 2.33. The van der Waals surface area contributed by atoms with E-state index < -0.39 is 23.4 Å². The molecule has 0 heterocycles. The Morgan fingerprint density at radius 3 is 2.00 bits per heavy atom. The van der Waals surface area contributed by atoms with Gasteiger partial charge >= 0.3 is 6.18 Å². The highest BCUT2D eigenvalue weighted by molar-refractivity contribution is 5.73. The predicted molar refractivity (Wildman–Crippen MR) is 65.5 cm³/mol. The van der Waals surface area contributed by atoms with Crippen LogP contribution in [0.3, 0.4) is 0 Å². The number of hydrogen-bond acceptors (Lipinski definition) is 2. The molecule has 2 aromatic rings. The first kappa shape index (κ1) is 14.1. The zero-order valence-electron chi connectivity index (χ0n) is 9.93. The van der Waals surface area contributed by atoms with E-state index in [4.69, 9.17) is 5.73 Å². The van der Waals surface area contributed by atoms with Crippen LogP contribution >= 0.6 is 0 Å². The van der Waals surface area contributed by atoms with Crippen LogP contribution in [-0.2, 0) is 6.18 Å². The summed E-state index contributed by atoms with van der Waals surface area (Å²) >= 11 is 0. The Balaban J connectivity index is 2.30. The Bertz CT molecular complexity index is 617. The largest absolute Gasteiger partial charge is 0.416 e. The summed E-state index contributed by atoms with van der Waals surface area (Å²) in [4.78, 5) is 0. The van der Waals surface area contributed by atoms with Crippen molar-refractivity contribution in [3.8, 4) is 0 Å². The van der Waals surface area contributed by atoms with Crippen LogP contribution in [0.5, 0.6) is 0 Å². The summed E-state index contributed by atoms with van der Waals surface area (Å²) < 4.78 is 63.4. The van der Waals surface area contributed by atoms with Crippen LogP contribution in [-0.4, -0.2) is 0 Å². The first-order chi connectivity index (χ1) is 9.25. The molecule has 7 heteroatoms. The monoisotopic (exact) mass is 288 g/mol. The third-order valence-electron chi connectivity index (χ3n) is 2.52. The fraction of sp³-hybridized carbons (Fsp3) is 0.0769. The third kappa shape index (κ3) is 3.17. The summed E-state index contributed by atoms with van der Waals surface area (Å²) in [6, 6.07) is 5.36. The van der Waals surface area contributed by atoms with Gasteiger partial charge in [0.25, 0.3) is 0 Å². The first-order valence-corrected chi connectivity index (χ1v) is 5.45. The molecule has 106 valence electrons. The maximum absolute atomic E-state index is 13.0. The van der Waals surface area contributed by atoms with Crippen LogP contribution in [0.25, 0.3) is 0 Å². The lowest BCUT2D eigenvalue weighted by molar-refractivity contribution is -0.137. The Kier molecular flexibility index (Phi) is 3.52. The first-order valence-electron chi connectivity index (χ1n) is 5.45. The molecule has 0 fully saturated rings. The topological polar surface area (TPSA) is 38.0 Å². The summed E-state index contributed by atoms with van der Waals surface area (Å²) in [5, 5.41) is 2.56. The normalized spacial score (nSPS) is 11.4. The van der Waals surface area contributed by atoms with E-state index in [0.717, 1.165) is 30.3 Å². The van der Waals surface area contributed by atoms with Gasteiger partial charge in [0, 0.05) is 11.8 Å². The van der Waals surface area contributed by atoms with Crippen molar-refractivity contribution in [2.24, 2.45) is 0 Å². The molecule has 0 aliphatic rings. The van der Waals surface area contributed by atoms with Crippen molar-refractivity contribution in [1.29, 1.82) is 0 Å². The molecule has 2 aromatic carbocycles. The second-order valence-electron chi connectivity index (χ2n) is 4.08. The molecule has 0 aliphatic heterocycles. The number of nitrogen functional groups attached to an aromatic ring is 1. The number of nitrogens with one attached hydrogen (secondary N) is 1. The lowest BCUT2D eigenvalue weighted by Gasteiger charge is -2.12. The number of anilines is 3. The van der Waals surface area contributed by atoms with Crippen molar-refractivity contribution in [2.75, 3.05) is 11.1 Å². The molecule has 0 bridgehead atoms. The molecule has 0 radical (unpaired) electrons. The van der Waals surface area contributed by atoms with Gasteiger partial charge in [-0.2, -0.15) is 13.2 Å². The van der Waals surface area contributed by atoms with Crippen molar-refractivity contribution in [2.45, 2.75) is 6.18 Å². The second-order valence-corrected chi connectivity index (χ2v) is 4.08. The van der Waals surface area contributed by atoms with Gasteiger partial charge in [-0.25, -0.2) is 8.78 Å². The van der Waals surface area contributed by atoms with Crippen LogP contribution < -0.4 is 11.1 Å². The lowest BCUT2D eigenvalue weighted by atomic mass is 10.1. The molecule has 0 saturated carbocycles. The molecule has 0 spiro atoms. The van der Waals surface area contributed by atoms with Crippen molar-refractivity contribution >= 4 is 17.1 Å². The van der Waals surface area contributed by atoms with Crippen molar-refractivity contribution in [3.63, 3.8) is 0 Å². The standard InChI is InChI=1S/C13H9F5N2/c14-8-4-9(15)6-10(5-8)20-12-2-1-7(3-11(12)19)13(16,17)18/h1-6,20H,19H2. The summed E-state index contributed by atoms with van der Waals surface area (Å²) in [6.45, 7) is 0. The molecule has 2 rings (SSSR count). The van der Waals surface area contributed by atoms with Gasteiger partial charge in [0.15, 0.2) is 0 Å². The Hall–Kier alpha value is -2.31. The van der Waals surface area contributed by atoms with E-state index in [1.807, 2.05) is 0 Å². The number of hydrogen-bond donors (Lipinski definition) is 2. The van der Waals surface area contributed by atoms with Gasteiger partial charge in [0.1, 0.15) is 11.6 Å². The minimum atomic E-state index is -4.50. The van der Waals surface area contributed by atoms with Crippen molar-refractivity contribution in [1.82, 2.24) is 0 Å². The SMILES string of the molecule is Nc1cc(C(F)(F)F)ccc1Nc1cc(F)cc(F)c1. The zero-order chi connectivity index (χ0) is 14.9. The highest BCUT2D eigenvalue weighted by Gasteiger charge is 2.30. The summed E-state index contributed by atoms with van der Waals surface area (Å²) in [5.41, 5.74) is 4.60. The van der Waals surface area contributed by atoms with Gasteiger partial charge < -0.3 is 11.1 Å². The predicted octanol–water partition coefficient (Wildman–Crippen LogP) is 4.31. The van der Waals surface area contributed by atoms with E-state index in [-0.39, 0.29) is 17.1 Å². The summed E-state index contributed by atoms with van der Waals surface area (Å²) in [7, 11) is 0. The fourth-order valence-electron chi connectivity index (χ4n) is 1.63. The average molecular weight is 288 g/mol. The number of alkyl halides is 3. The molecule has 2 nitrogen and oxygen atoms in total. The molecule has 3 N–H and O–H groups in total. The molecule has 0 saturated heterocycles. The Labute approximate surface area is 111 Å². The van der Waals surface area contributed by atoms with Gasteiger partial charge in [0.2, 0.25) is 0 Å². The van der Waals surface area contributed by atoms with Gasteiger partial charge in [0.05, 0.1) is 16.9 Å². The molecular weight excluding hydrogens is 279 g/mol. The van der Waals surface area contributed by atoms with Crippen molar-refractivity contribution < 1.29 is 22.0 Å². The van der Waals surface area contributed by atoms with E-state index in [2.05, 4.69) is 5.32 Å².